The summed E-state index contributed by atoms with van der Waals surface area (Å²) in [5.74, 6) is -2.09. The Balaban J connectivity index is 1.22. The van der Waals surface area contributed by atoms with Gasteiger partial charge in [-0.05, 0) is 84.8 Å². The van der Waals surface area contributed by atoms with Crippen LogP contribution in [0.5, 0.6) is 0 Å². The first kappa shape index (κ1) is 26.8. The summed E-state index contributed by atoms with van der Waals surface area (Å²) in [5.41, 5.74) is 4.27. The summed E-state index contributed by atoms with van der Waals surface area (Å²) in [5, 5.41) is 9.65. The molecule has 0 aliphatic carbocycles. The Bertz CT molecular complexity index is 1470. The quantitative estimate of drug-likeness (QED) is 0.413. The molecule has 2 heterocycles. The van der Waals surface area contributed by atoms with E-state index >= 15 is 0 Å². The van der Waals surface area contributed by atoms with Gasteiger partial charge in [-0.15, -0.1) is 0 Å². The fourth-order valence-corrected chi connectivity index (χ4v) is 6.41. The molecular formula is C29H30FN3O5S. The number of rotatable bonds is 9. The highest BCUT2D eigenvalue weighted by atomic mass is 32.2. The third-order valence-corrected chi connectivity index (χ3v) is 8.80. The van der Waals surface area contributed by atoms with Crippen LogP contribution < -0.4 is 14.5 Å². The van der Waals surface area contributed by atoms with Gasteiger partial charge in [0, 0.05) is 37.4 Å². The van der Waals surface area contributed by atoms with Crippen LogP contribution in [0.2, 0.25) is 0 Å². The fraction of sp³-hybridized carbons (Fsp3) is 0.310. The number of carbonyl (C=O) groups is 2. The number of sulfonamides is 1. The molecule has 1 amide bonds. The standard InChI is InChI=1S/C29H30FN3O5S/c30-23-7-13-27-22(19-23)15-18-33(27)28(34)14-12-26(29(35)36)31-39(37,38)25-10-5-21(6-11-25)20-3-8-24(9-4-20)32-16-1-2-17-32/h3-11,13,19,26,31H,1-2,12,14-18H2,(H,35,36). The summed E-state index contributed by atoms with van der Waals surface area (Å²) in [6.07, 6.45) is 2.50. The second-order valence-electron chi connectivity index (χ2n) is 9.88. The van der Waals surface area contributed by atoms with E-state index in [2.05, 4.69) is 21.8 Å². The number of aliphatic carboxylic acids is 1. The number of carboxylic acids is 1. The predicted octanol–water partition coefficient (Wildman–Crippen LogP) is 4.19. The second-order valence-corrected chi connectivity index (χ2v) is 11.6. The van der Waals surface area contributed by atoms with Gasteiger partial charge < -0.3 is 14.9 Å². The average Bonchev–Trinajstić information content (AvgIpc) is 3.61. The molecule has 0 aromatic heterocycles. The molecule has 2 N–H and O–H groups in total. The van der Waals surface area contributed by atoms with E-state index in [1.165, 1.54) is 53.8 Å². The van der Waals surface area contributed by atoms with E-state index in [-0.39, 0.29) is 29.5 Å². The Morgan fingerprint density at radius 2 is 1.56 bits per heavy atom. The number of nitrogens with zero attached hydrogens (tertiary/aromatic N) is 2. The van der Waals surface area contributed by atoms with Gasteiger partial charge in [0.2, 0.25) is 15.9 Å². The molecule has 0 saturated carbocycles. The first-order valence-electron chi connectivity index (χ1n) is 13.0. The summed E-state index contributed by atoms with van der Waals surface area (Å²) in [4.78, 5) is 28.4. The van der Waals surface area contributed by atoms with Crippen molar-refractivity contribution in [2.75, 3.05) is 29.4 Å². The smallest absolute Gasteiger partial charge is 0.321 e. The monoisotopic (exact) mass is 551 g/mol. The summed E-state index contributed by atoms with van der Waals surface area (Å²) < 4.78 is 41.6. The number of amides is 1. The highest BCUT2D eigenvalue weighted by Gasteiger charge is 2.29. The van der Waals surface area contributed by atoms with Crippen LogP contribution in [0.3, 0.4) is 0 Å². The molecule has 204 valence electrons. The molecule has 5 rings (SSSR count). The maximum Gasteiger partial charge on any atom is 0.321 e. The molecule has 10 heteroatoms. The van der Waals surface area contributed by atoms with Crippen LogP contribution in [-0.2, 0) is 26.0 Å². The number of benzene rings is 3. The summed E-state index contributed by atoms with van der Waals surface area (Å²) >= 11 is 0. The van der Waals surface area contributed by atoms with Gasteiger partial charge in [0.05, 0.1) is 4.90 Å². The molecule has 3 aromatic rings. The lowest BCUT2D eigenvalue weighted by atomic mass is 10.1. The van der Waals surface area contributed by atoms with Crippen LogP contribution in [0.25, 0.3) is 11.1 Å². The maximum absolute atomic E-state index is 13.5. The number of anilines is 2. The third kappa shape index (κ3) is 5.97. The first-order valence-corrected chi connectivity index (χ1v) is 14.5. The van der Waals surface area contributed by atoms with Crippen molar-refractivity contribution in [1.29, 1.82) is 0 Å². The summed E-state index contributed by atoms with van der Waals surface area (Å²) in [6, 6.07) is 17.1. The molecule has 0 radical (unpaired) electrons. The van der Waals surface area contributed by atoms with Gasteiger partial charge in [0.25, 0.3) is 0 Å². The largest absolute Gasteiger partial charge is 0.480 e. The molecule has 39 heavy (non-hydrogen) atoms. The topological polar surface area (TPSA) is 107 Å². The zero-order valence-electron chi connectivity index (χ0n) is 21.3. The van der Waals surface area contributed by atoms with E-state index in [4.69, 9.17) is 0 Å². The van der Waals surface area contributed by atoms with Gasteiger partial charge in [-0.1, -0.05) is 24.3 Å². The molecule has 0 spiro atoms. The molecule has 1 unspecified atom stereocenters. The Morgan fingerprint density at radius 1 is 0.923 bits per heavy atom. The average molecular weight is 552 g/mol. The number of nitrogens with one attached hydrogen (secondary N) is 1. The van der Waals surface area contributed by atoms with Crippen molar-refractivity contribution < 1.29 is 27.5 Å². The van der Waals surface area contributed by atoms with Crippen molar-refractivity contribution in [2.45, 2.75) is 43.0 Å². The number of halogens is 1. The summed E-state index contributed by atoms with van der Waals surface area (Å²) in [6.45, 7) is 2.48. The Labute approximate surface area is 227 Å². The fourth-order valence-electron chi connectivity index (χ4n) is 5.19. The van der Waals surface area contributed by atoms with E-state index in [0.29, 0.717) is 24.2 Å². The molecule has 1 atom stereocenters. The van der Waals surface area contributed by atoms with Crippen LogP contribution in [-0.4, -0.2) is 51.1 Å². The molecule has 2 aliphatic heterocycles. The van der Waals surface area contributed by atoms with Crippen LogP contribution in [0.4, 0.5) is 15.8 Å². The molecule has 8 nitrogen and oxygen atoms in total. The van der Waals surface area contributed by atoms with Gasteiger partial charge in [-0.25, -0.2) is 12.8 Å². The minimum absolute atomic E-state index is 0.0620. The number of fused-ring (bicyclic) bond motifs is 1. The van der Waals surface area contributed by atoms with Crippen molar-refractivity contribution in [3.8, 4) is 11.1 Å². The Kier molecular flexibility index (Phi) is 7.67. The van der Waals surface area contributed by atoms with Crippen molar-refractivity contribution in [1.82, 2.24) is 4.72 Å². The van der Waals surface area contributed by atoms with Crippen molar-refractivity contribution >= 4 is 33.3 Å². The molecular weight excluding hydrogens is 521 g/mol. The Hall–Kier alpha value is -3.76. The lowest BCUT2D eigenvalue weighted by Crippen LogP contribution is -2.41. The van der Waals surface area contributed by atoms with Gasteiger partial charge in [-0.3, -0.25) is 9.59 Å². The first-order chi connectivity index (χ1) is 18.7. The number of hydrogen-bond acceptors (Lipinski definition) is 5. The van der Waals surface area contributed by atoms with Crippen molar-refractivity contribution in [3.63, 3.8) is 0 Å². The van der Waals surface area contributed by atoms with Crippen LogP contribution in [0.1, 0.15) is 31.2 Å². The lowest BCUT2D eigenvalue weighted by molar-refractivity contribution is -0.139. The minimum Gasteiger partial charge on any atom is -0.480 e. The van der Waals surface area contributed by atoms with E-state index in [9.17, 15) is 27.5 Å². The maximum atomic E-state index is 13.5. The van der Waals surface area contributed by atoms with E-state index in [1.54, 1.807) is 12.1 Å². The van der Waals surface area contributed by atoms with Crippen LogP contribution in [0, 0.1) is 5.82 Å². The van der Waals surface area contributed by atoms with E-state index < -0.39 is 22.0 Å². The SMILES string of the molecule is O=C(O)C(CCC(=O)N1CCc2cc(F)ccc21)NS(=O)(=O)c1ccc(-c2ccc(N3CCCC3)cc2)cc1. The Morgan fingerprint density at radius 3 is 2.21 bits per heavy atom. The highest BCUT2D eigenvalue weighted by Crippen LogP contribution is 2.30. The normalized spacial score (nSPS) is 15.8. The number of carbonyl (C=O) groups excluding carboxylic acids is 1. The molecule has 3 aromatic carbocycles. The molecule has 1 saturated heterocycles. The van der Waals surface area contributed by atoms with Crippen LogP contribution >= 0.6 is 0 Å². The van der Waals surface area contributed by atoms with Crippen molar-refractivity contribution in [2.24, 2.45) is 0 Å². The third-order valence-electron chi connectivity index (χ3n) is 7.32. The predicted molar refractivity (Wildman–Crippen MR) is 147 cm³/mol. The molecule has 0 bridgehead atoms. The summed E-state index contributed by atoms with van der Waals surface area (Å²) in [7, 11) is -4.15. The second kappa shape index (κ2) is 11.2. The lowest BCUT2D eigenvalue weighted by Gasteiger charge is -2.19. The van der Waals surface area contributed by atoms with Gasteiger partial charge in [0.15, 0.2) is 0 Å². The minimum atomic E-state index is -4.15. The highest BCUT2D eigenvalue weighted by molar-refractivity contribution is 7.89. The van der Waals surface area contributed by atoms with Crippen LogP contribution in [0.15, 0.2) is 71.6 Å². The van der Waals surface area contributed by atoms with Gasteiger partial charge in [-0.2, -0.15) is 4.72 Å². The zero-order chi connectivity index (χ0) is 27.6. The van der Waals surface area contributed by atoms with Crippen molar-refractivity contribution in [3.05, 3.63) is 78.1 Å². The van der Waals surface area contributed by atoms with Gasteiger partial charge in [0.1, 0.15) is 11.9 Å². The molecule has 1 fully saturated rings. The molecule has 2 aliphatic rings. The number of carboxylic acid groups (broad SMARTS) is 1. The van der Waals surface area contributed by atoms with E-state index in [0.717, 1.165) is 24.2 Å². The zero-order valence-corrected chi connectivity index (χ0v) is 22.2. The van der Waals surface area contributed by atoms with E-state index in [1.807, 2.05) is 12.1 Å². The van der Waals surface area contributed by atoms with Gasteiger partial charge >= 0.3 is 5.97 Å². The number of hydrogen-bond donors (Lipinski definition) is 2.